The average Bonchev–Trinajstić information content (AvgIpc) is 2.19. The van der Waals surface area contributed by atoms with Gasteiger partial charge in [-0.15, -0.1) is 0 Å². The van der Waals surface area contributed by atoms with E-state index in [2.05, 4.69) is 6.58 Å². The largest absolute Gasteiger partial charge is 0.287 e. The molecule has 1 aromatic carbocycles. The molecule has 0 aliphatic heterocycles. The summed E-state index contributed by atoms with van der Waals surface area (Å²) in [6.07, 6.45) is 2.37. The molecule has 1 aromatic rings. The number of carbonyl (C=O) groups is 1. The van der Waals surface area contributed by atoms with Crippen molar-refractivity contribution < 1.29 is 4.79 Å². The third-order valence-electron chi connectivity index (χ3n) is 1.64. The molecule has 0 amide bonds. The summed E-state index contributed by atoms with van der Waals surface area (Å²) in [6, 6.07) is 7.79. The Morgan fingerprint density at radius 2 is 2.08 bits per heavy atom. The van der Waals surface area contributed by atoms with Crippen molar-refractivity contribution in [3.05, 3.63) is 36.4 Å². The third kappa shape index (κ3) is 3.07. The Hall–Kier alpha value is -1.02. The van der Waals surface area contributed by atoms with Gasteiger partial charge in [0.1, 0.15) is 0 Å². The first kappa shape index (κ1) is 10.1. The molecule has 13 heavy (non-hydrogen) atoms. The molecule has 0 spiro atoms. The predicted octanol–water partition coefficient (Wildman–Crippen LogP) is 3.36. The van der Waals surface area contributed by atoms with Crippen LogP contribution in [0, 0.1) is 0 Å². The maximum Gasteiger partial charge on any atom is 0.193 e. The molecule has 0 aliphatic rings. The van der Waals surface area contributed by atoms with Crippen LogP contribution in [0.3, 0.4) is 0 Å². The van der Waals surface area contributed by atoms with Crippen molar-refractivity contribution in [3.63, 3.8) is 0 Å². The lowest BCUT2D eigenvalue weighted by Gasteiger charge is -1.98. The van der Waals surface area contributed by atoms with Crippen LogP contribution in [0.4, 0.5) is 0 Å². The molecule has 0 radical (unpaired) electrons. The van der Waals surface area contributed by atoms with Gasteiger partial charge in [-0.1, -0.05) is 43.5 Å². The van der Waals surface area contributed by atoms with Gasteiger partial charge in [-0.3, -0.25) is 4.79 Å². The molecule has 0 unspecified atom stereocenters. The van der Waals surface area contributed by atoms with Crippen LogP contribution < -0.4 is 0 Å². The Kier molecular flexibility index (Phi) is 3.77. The van der Waals surface area contributed by atoms with Crippen LogP contribution in [-0.4, -0.2) is 5.12 Å². The van der Waals surface area contributed by atoms with Gasteiger partial charge in [-0.2, -0.15) is 0 Å². The van der Waals surface area contributed by atoms with Crippen LogP contribution >= 0.6 is 11.8 Å². The van der Waals surface area contributed by atoms with Crippen molar-refractivity contribution in [2.24, 2.45) is 0 Å². The van der Waals surface area contributed by atoms with Gasteiger partial charge in [-0.05, 0) is 17.7 Å². The Balaban J connectivity index is 2.69. The highest BCUT2D eigenvalue weighted by Gasteiger charge is 2.00. The Bertz CT molecular complexity index is 300. The molecule has 0 aliphatic carbocycles. The van der Waals surface area contributed by atoms with Crippen LogP contribution in [0.1, 0.15) is 18.9 Å². The van der Waals surface area contributed by atoms with Gasteiger partial charge in [0.2, 0.25) is 0 Å². The van der Waals surface area contributed by atoms with Crippen molar-refractivity contribution in [1.29, 1.82) is 0 Å². The molecule has 0 saturated heterocycles. The Labute approximate surface area is 82.9 Å². The molecule has 68 valence electrons. The van der Waals surface area contributed by atoms with E-state index in [9.17, 15) is 4.79 Å². The lowest BCUT2D eigenvalue weighted by molar-refractivity contribution is -0.110. The van der Waals surface area contributed by atoms with Crippen molar-refractivity contribution in [1.82, 2.24) is 0 Å². The summed E-state index contributed by atoms with van der Waals surface area (Å²) in [5.74, 6) is 0. The Morgan fingerprint density at radius 1 is 1.46 bits per heavy atom. The van der Waals surface area contributed by atoms with E-state index in [4.69, 9.17) is 0 Å². The van der Waals surface area contributed by atoms with Gasteiger partial charge in [0.15, 0.2) is 5.12 Å². The molecule has 0 atom stereocenters. The topological polar surface area (TPSA) is 17.1 Å². The van der Waals surface area contributed by atoms with Crippen molar-refractivity contribution in [3.8, 4) is 0 Å². The minimum atomic E-state index is 0.200. The molecule has 1 rings (SSSR count). The third-order valence-corrected chi connectivity index (χ3v) is 2.66. The van der Waals surface area contributed by atoms with E-state index in [0.29, 0.717) is 6.42 Å². The second kappa shape index (κ2) is 4.87. The number of hydrogen-bond donors (Lipinski definition) is 0. The number of rotatable bonds is 3. The molecule has 0 N–H and O–H groups in total. The molecule has 0 aromatic heterocycles. The van der Waals surface area contributed by atoms with Crippen molar-refractivity contribution in [2.45, 2.75) is 18.2 Å². The van der Waals surface area contributed by atoms with Gasteiger partial charge in [0.25, 0.3) is 0 Å². The van der Waals surface area contributed by atoms with Crippen molar-refractivity contribution in [2.75, 3.05) is 0 Å². The zero-order chi connectivity index (χ0) is 9.68. The zero-order valence-electron chi connectivity index (χ0n) is 7.62. The molecule has 0 bridgehead atoms. The normalized spacial score (nSPS) is 9.62. The van der Waals surface area contributed by atoms with Gasteiger partial charge in [0.05, 0.1) is 0 Å². The highest BCUT2D eigenvalue weighted by molar-refractivity contribution is 8.13. The fourth-order valence-corrected chi connectivity index (χ4v) is 1.55. The first-order valence-corrected chi connectivity index (χ1v) is 5.01. The van der Waals surface area contributed by atoms with E-state index in [1.54, 1.807) is 6.08 Å². The zero-order valence-corrected chi connectivity index (χ0v) is 8.43. The summed E-state index contributed by atoms with van der Waals surface area (Å²) in [4.78, 5) is 12.1. The molecule has 0 fully saturated rings. The first-order valence-electron chi connectivity index (χ1n) is 4.19. The summed E-state index contributed by atoms with van der Waals surface area (Å²) in [7, 11) is 0. The predicted molar refractivity (Wildman–Crippen MR) is 57.7 cm³/mol. The van der Waals surface area contributed by atoms with Gasteiger partial charge < -0.3 is 0 Å². The van der Waals surface area contributed by atoms with Crippen LogP contribution in [-0.2, 0) is 4.79 Å². The number of carbonyl (C=O) groups excluding carboxylic acids is 1. The number of benzene rings is 1. The average molecular weight is 192 g/mol. The second-order valence-corrected chi connectivity index (χ2v) is 3.73. The molecule has 1 nitrogen and oxygen atoms in total. The Morgan fingerprint density at radius 3 is 2.54 bits per heavy atom. The van der Waals surface area contributed by atoms with E-state index < -0.39 is 0 Å². The highest BCUT2D eigenvalue weighted by Crippen LogP contribution is 2.20. The molecule has 0 saturated carbocycles. The number of thioether (sulfide) groups is 1. The molecular weight excluding hydrogens is 180 g/mol. The minimum absolute atomic E-state index is 0.200. The van der Waals surface area contributed by atoms with Crippen LogP contribution in [0.25, 0.3) is 6.08 Å². The monoisotopic (exact) mass is 192 g/mol. The fourth-order valence-electron chi connectivity index (χ4n) is 0.876. The smallest absolute Gasteiger partial charge is 0.193 e. The first-order chi connectivity index (χ1) is 6.26. The molecule has 0 heterocycles. The van der Waals surface area contributed by atoms with E-state index >= 15 is 0 Å². The van der Waals surface area contributed by atoms with E-state index in [1.807, 2.05) is 31.2 Å². The van der Waals surface area contributed by atoms with Crippen LogP contribution in [0.2, 0.25) is 0 Å². The van der Waals surface area contributed by atoms with Gasteiger partial charge >= 0.3 is 0 Å². The standard InChI is InChI=1S/C11H12OS/c1-3-9-5-7-10(8-6-9)13-11(12)4-2/h3,5-8H,1,4H2,2H3. The lowest BCUT2D eigenvalue weighted by Crippen LogP contribution is -1.86. The van der Waals surface area contributed by atoms with Gasteiger partial charge in [-0.25, -0.2) is 0 Å². The maximum absolute atomic E-state index is 11.1. The summed E-state index contributed by atoms with van der Waals surface area (Å²) < 4.78 is 0. The summed E-state index contributed by atoms with van der Waals surface area (Å²) in [5, 5.41) is 0.200. The summed E-state index contributed by atoms with van der Waals surface area (Å²) in [6.45, 7) is 5.53. The lowest BCUT2D eigenvalue weighted by atomic mass is 10.2. The fraction of sp³-hybridized carbons (Fsp3) is 0.182. The second-order valence-electron chi connectivity index (χ2n) is 2.60. The van der Waals surface area contributed by atoms with E-state index in [1.165, 1.54) is 11.8 Å². The van der Waals surface area contributed by atoms with Crippen molar-refractivity contribution >= 4 is 23.0 Å². The van der Waals surface area contributed by atoms with E-state index in [-0.39, 0.29) is 5.12 Å². The highest BCUT2D eigenvalue weighted by atomic mass is 32.2. The minimum Gasteiger partial charge on any atom is -0.287 e. The molecular formula is C11H12OS. The quantitative estimate of drug-likeness (QED) is 0.683. The summed E-state index contributed by atoms with van der Waals surface area (Å²) >= 11 is 1.29. The summed E-state index contributed by atoms with van der Waals surface area (Å²) in [5.41, 5.74) is 1.08. The van der Waals surface area contributed by atoms with E-state index in [0.717, 1.165) is 10.5 Å². The van der Waals surface area contributed by atoms with Gasteiger partial charge in [0, 0.05) is 11.3 Å². The van der Waals surface area contributed by atoms with Crippen LogP contribution in [0.5, 0.6) is 0 Å². The molecule has 2 heteroatoms. The van der Waals surface area contributed by atoms with Crippen LogP contribution in [0.15, 0.2) is 35.7 Å². The number of hydrogen-bond acceptors (Lipinski definition) is 2. The SMILES string of the molecule is C=Cc1ccc(SC(=O)CC)cc1. The maximum atomic E-state index is 11.1.